The molecule has 1 aromatic heterocycles. The normalized spacial score (nSPS) is 16.9. The molecule has 1 saturated heterocycles. The van der Waals surface area contributed by atoms with E-state index in [1.54, 1.807) is 11.3 Å². The molecule has 1 amide bonds. The molecule has 1 aliphatic rings. The zero-order chi connectivity index (χ0) is 11.7. The van der Waals surface area contributed by atoms with Crippen LogP contribution in [0.15, 0.2) is 24.3 Å². The number of benzene rings is 1. The van der Waals surface area contributed by atoms with Gasteiger partial charge in [-0.3, -0.25) is 4.79 Å². The van der Waals surface area contributed by atoms with Crippen LogP contribution in [0.25, 0.3) is 10.2 Å². The molecule has 0 aliphatic carbocycles. The van der Waals surface area contributed by atoms with E-state index < -0.39 is 0 Å². The second-order valence-corrected chi connectivity index (χ2v) is 5.06. The van der Waals surface area contributed by atoms with Gasteiger partial charge in [-0.15, -0.1) is 0 Å². The Morgan fingerprint density at radius 2 is 2.18 bits per heavy atom. The molecule has 17 heavy (non-hydrogen) atoms. The molecule has 0 atom stereocenters. The standard InChI is InChI=1S/C12H13N3OS/c16-11-5-7-15(8-6-13-11)12-14-9-3-1-2-4-10(9)17-12/h1-4H,5-8H2,(H,13,16). The van der Waals surface area contributed by atoms with E-state index in [1.807, 2.05) is 18.2 Å². The predicted molar refractivity (Wildman–Crippen MR) is 69.5 cm³/mol. The smallest absolute Gasteiger partial charge is 0.221 e. The van der Waals surface area contributed by atoms with Crippen molar-refractivity contribution < 1.29 is 4.79 Å². The molecule has 0 radical (unpaired) electrons. The van der Waals surface area contributed by atoms with Gasteiger partial charge in [0.15, 0.2) is 5.13 Å². The van der Waals surface area contributed by atoms with E-state index >= 15 is 0 Å². The summed E-state index contributed by atoms with van der Waals surface area (Å²) in [4.78, 5) is 18.1. The van der Waals surface area contributed by atoms with E-state index in [2.05, 4.69) is 21.3 Å². The summed E-state index contributed by atoms with van der Waals surface area (Å²) >= 11 is 1.69. The van der Waals surface area contributed by atoms with Gasteiger partial charge in [-0.25, -0.2) is 4.98 Å². The first-order valence-corrected chi connectivity index (χ1v) is 6.52. The van der Waals surface area contributed by atoms with Crippen LogP contribution in [0.1, 0.15) is 6.42 Å². The number of anilines is 1. The predicted octanol–water partition coefficient (Wildman–Crippen LogP) is 1.62. The molecule has 5 heteroatoms. The Morgan fingerprint density at radius 3 is 3.06 bits per heavy atom. The number of fused-ring (bicyclic) bond motifs is 1. The van der Waals surface area contributed by atoms with Crippen molar-refractivity contribution in [2.45, 2.75) is 6.42 Å². The Balaban J connectivity index is 1.89. The van der Waals surface area contributed by atoms with Gasteiger partial charge in [-0.1, -0.05) is 23.5 Å². The van der Waals surface area contributed by atoms with Crippen LogP contribution in [0.3, 0.4) is 0 Å². The monoisotopic (exact) mass is 247 g/mol. The quantitative estimate of drug-likeness (QED) is 0.833. The zero-order valence-electron chi connectivity index (χ0n) is 9.35. The fraction of sp³-hybridized carbons (Fsp3) is 0.333. The molecule has 3 rings (SSSR count). The molecular formula is C12H13N3OS. The Kier molecular flexibility index (Phi) is 2.68. The zero-order valence-corrected chi connectivity index (χ0v) is 10.2. The summed E-state index contributed by atoms with van der Waals surface area (Å²) in [6.45, 7) is 2.30. The molecule has 1 N–H and O–H groups in total. The maximum absolute atomic E-state index is 11.3. The van der Waals surface area contributed by atoms with E-state index in [9.17, 15) is 4.79 Å². The first-order valence-electron chi connectivity index (χ1n) is 5.70. The van der Waals surface area contributed by atoms with Crippen molar-refractivity contribution in [1.29, 1.82) is 0 Å². The van der Waals surface area contributed by atoms with Gasteiger partial charge in [0.2, 0.25) is 5.91 Å². The molecular weight excluding hydrogens is 234 g/mol. The number of nitrogens with zero attached hydrogens (tertiary/aromatic N) is 2. The highest BCUT2D eigenvalue weighted by molar-refractivity contribution is 7.22. The van der Waals surface area contributed by atoms with Gasteiger partial charge in [-0.05, 0) is 12.1 Å². The summed E-state index contributed by atoms with van der Waals surface area (Å²) in [5.41, 5.74) is 1.04. The molecule has 4 nitrogen and oxygen atoms in total. The summed E-state index contributed by atoms with van der Waals surface area (Å²) in [5.74, 6) is 0.133. The van der Waals surface area contributed by atoms with E-state index in [0.29, 0.717) is 13.0 Å². The first kappa shape index (κ1) is 10.5. The highest BCUT2D eigenvalue weighted by Crippen LogP contribution is 2.28. The second kappa shape index (κ2) is 4.33. The molecule has 88 valence electrons. The van der Waals surface area contributed by atoms with Crippen LogP contribution >= 0.6 is 11.3 Å². The van der Waals surface area contributed by atoms with Crippen LogP contribution in [0.4, 0.5) is 5.13 Å². The lowest BCUT2D eigenvalue weighted by Crippen LogP contribution is -2.28. The lowest BCUT2D eigenvalue weighted by Gasteiger charge is -2.17. The Hall–Kier alpha value is -1.62. The van der Waals surface area contributed by atoms with Crippen molar-refractivity contribution in [3.8, 4) is 0 Å². The first-order chi connectivity index (χ1) is 8.33. The Bertz CT molecular complexity index is 518. The number of rotatable bonds is 1. The molecule has 1 fully saturated rings. The lowest BCUT2D eigenvalue weighted by atomic mass is 10.3. The van der Waals surface area contributed by atoms with Gasteiger partial charge in [0.1, 0.15) is 0 Å². The number of amides is 1. The Labute approximate surface area is 103 Å². The van der Waals surface area contributed by atoms with Crippen LogP contribution in [0.5, 0.6) is 0 Å². The maximum atomic E-state index is 11.3. The number of carbonyl (C=O) groups is 1. The SMILES string of the molecule is O=C1CCN(c2nc3ccccc3s2)CCN1. The number of aromatic nitrogens is 1. The number of para-hydroxylation sites is 1. The fourth-order valence-corrected chi connectivity index (χ4v) is 2.97. The van der Waals surface area contributed by atoms with E-state index in [1.165, 1.54) is 4.70 Å². The molecule has 0 bridgehead atoms. The Morgan fingerprint density at radius 1 is 1.29 bits per heavy atom. The van der Waals surface area contributed by atoms with E-state index in [0.717, 1.165) is 23.7 Å². The average molecular weight is 247 g/mol. The molecule has 1 aromatic carbocycles. The third kappa shape index (κ3) is 2.10. The fourth-order valence-electron chi connectivity index (χ4n) is 1.95. The van der Waals surface area contributed by atoms with Crippen molar-refractivity contribution in [3.05, 3.63) is 24.3 Å². The van der Waals surface area contributed by atoms with E-state index in [-0.39, 0.29) is 5.91 Å². The van der Waals surface area contributed by atoms with Crippen molar-refractivity contribution in [2.24, 2.45) is 0 Å². The van der Waals surface area contributed by atoms with Gasteiger partial charge < -0.3 is 10.2 Å². The third-order valence-corrected chi connectivity index (χ3v) is 3.96. The van der Waals surface area contributed by atoms with Crippen LogP contribution in [0.2, 0.25) is 0 Å². The van der Waals surface area contributed by atoms with Gasteiger partial charge in [0.05, 0.1) is 10.2 Å². The number of hydrogen-bond donors (Lipinski definition) is 1. The van der Waals surface area contributed by atoms with Crippen LogP contribution in [-0.2, 0) is 4.79 Å². The number of hydrogen-bond acceptors (Lipinski definition) is 4. The van der Waals surface area contributed by atoms with Crippen molar-refractivity contribution >= 4 is 32.6 Å². The van der Waals surface area contributed by atoms with Crippen LogP contribution < -0.4 is 10.2 Å². The summed E-state index contributed by atoms with van der Waals surface area (Å²) in [6.07, 6.45) is 0.552. The topological polar surface area (TPSA) is 45.2 Å². The third-order valence-electron chi connectivity index (χ3n) is 2.87. The molecule has 2 aromatic rings. The van der Waals surface area contributed by atoms with Crippen LogP contribution in [0, 0.1) is 0 Å². The van der Waals surface area contributed by atoms with Crippen molar-refractivity contribution in [3.63, 3.8) is 0 Å². The van der Waals surface area contributed by atoms with Gasteiger partial charge in [-0.2, -0.15) is 0 Å². The van der Waals surface area contributed by atoms with Crippen molar-refractivity contribution in [2.75, 3.05) is 24.5 Å². The minimum absolute atomic E-state index is 0.133. The lowest BCUT2D eigenvalue weighted by molar-refractivity contribution is -0.120. The summed E-state index contributed by atoms with van der Waals surface area (Å²) in [6, 6.07) is 8.13. The van der Waals surface area contributed by atoms with Crippen molar-refractivity contribution in [1.82, 2.24) is 10.3 Å². The molecule has 2 heterocycles. The second-order valence-electron chi connectivity index (χ2n) is 4.05. The van der Waals surface area contributed by atoms with E-state index in [4.69, 9.17) is 0 Å². The molecule has 0 unspecified atom stereocenters. The number of carbonyl (C=O) groups excluding carboxylic acids is 1. The minimum atomic E-state index is 0.133. The average Bonchev–Trinajstić information content (AvgIpc) is 2.65. The number of thiazole rings is 1. The molecule has 0 spiro atoms. The maximum Gasteiger partial charge on any atom is 0.221 e. The minimum Gasteiger partial charge on any atom is -0.354 e. The summed E-state index contributed by atoms with van der Waals surface area (Å²) in [7, 11) is 0. The molecule has 0 saturated carbocycles. The van der Waals surface area contributed by atoms with Gasteiger partial charge >= 0.3 is 0 Å². The molecule has 1 aliphatic heterocycles. The largest absolute Gasteiger partial charge is 0.354 e. The summed E-state index contributed by atoms with van der Waals surface area (Å²) < 4.78 is 1.20. The van der Waals surface area contributed by atoms with Gasteiger partial charge in [0.25, 0.3) is 0 Å². The highest BCUT2D eigenvalue weighted by Gasteiger charge is 2.16. The van der Waals surface area contributed by atoms with Gasteiger partial charge in [0, 0.05) is 26.1 Å². The summed E-state index contributed by atoms with van der Waals surface area (Å²) in [5, 5.41) is 3.89. The number of nitrogens with one attached hydrogen (secondary N) is 1. The van der Waals surface area contributed by atoms with Crippen LogP contribution in [-0.4, -0.2) is 30.5 Å². The highest BCUT2D eigenvalue weighted by atomic mass is 32.1.